The predicted molar refractivity (Wildman–Crippen MR) is 43.2 cm³/mol. The number of halogens is 2. The smallest absolute Gasteiger partial charge is 0.282 e. The predicted octanol–water partition coefficient (Wildman–Crippen LogP) is 0.891. The van der Waals surface area contributed by atoms with E-state index in [2.05, 4.69) is 15.5 Å². The van der Waals surface area contributed by atoms with Gasteiger partial charge in [-0.15, -0.1) is 10.2 Å². The number of hydrogen-bond acceptors (Lipinski definition) is 4. The largest absolute Gasteiger partial charge is 0.347 e. The van der Waals surface area contributed by atoms with Gasteiger partial charge in [0.05, 0.1) is 0 Å². The number of aromatic nitrogens is 2. The Bertz CT molecular complexity index is 279. The first-order valence-corrected chi connectivity index (χ1v) is 4.26. The van der Waals surface area contributed by atoms with Gasteiger partial charge in [-0.2, -0.15) is 0 Å². The molecule has 0 radical (unpaired) electrons. The van der Waals surface area contributed by atoms with Gasteiger partial charge in [0.25, 0.3) is 5.91 Å². The highest BCUT2D eigenvalue weighted by Crippen LogP contribution is 2.14. The van der Waals surface area contributed by atoms with Gasteiger partial charge in [0.1, 0.15) is 6.67 Å². The van der Waals surface area contributed by atoms with Crippen LogP contribution >= 0.6 is 22.9 Å². The summed E-state index contributed by atoms with van der Waals surface area (Å²) in [6, 6.07) is 0. The summed E-state index contributed by atoms with van der Waals surface area (Å²) in [6.07, 6.45) is 0. The first kappa shape index (κ1) is 9.34. The molecule has 0 bridgehead atoms. The monoisotopic (exact) mass is 209 g/mol. The number of hydrogen-bond donors (Lipinski definition) is 1. The van der Waals surface area contributed by atoms with Crippen molar-refractivity contribution in [2.75, 3.05) is 13.2 Å². The lowest BCUT2D eigenvalue weighted by Crippen LogP contribution is -2.25. The van der Waals surface area contributed by atoms with Crippen LogP contribution in [0.3, 0.4) is 0 Å². The van der Waals surface area contributed by atoms with Gasteiger partial charge in [-0.05, 0) is 11.6 Å². The molecule has 0 aromatic carbocycles. The van der Waals surface area contributed by atoms with E-state index in [4.69, 9.17) is 11.6 Å². The van der Waals surface area contributed by atoms with E-state index in [1.807, 2.05) is 0 Å². The zero-order valence-corrected chi connectivity index (χ0v) is 7.45. The molecule has 0 saturated heterocycles. The first-order valence-electron chi connectivity index (χ1n) is 3.07. The fraction of sp³-hybridized carbons (Fsp3) is 0.400. The summed E-state index contributed by atoms with van der Waals surface area (Å²) in [6.45, 7) is -0.617. The molecule has 1 heterocycles. The zero-order chi connectivity index (χ0) is 8.97. The van der Waals surface area contributed by atoms with E-state index in [1.54, 1.807) is 0 Å². The van der Waals surface area contributed by atoms with Crippen molar-refractivity contribution in [1.29, 1.82) is 0 Å². The lowest BCUT2D eigenvalue weighted by Gasteiger charge is -1.95. The lowest BCUT2D eigenvalue weighted by molar-refractivity contribution is 0.0949. The topological polar surface area (TPSA) is 54.9 Å². The highest BCUT2D eigenvalue weighted by atomic mass is 35.5. The van der Waals surface area contributed by atoms with E-state index < -0.39 is 12.6 Å². The van der Waals surface area contributed by atoms with Crippen LogP contribution in [0.4, 0.5) is 4.39 Å². The number of nitrogens with zero attached hydrogens (tertiary/aromatic N) is 2. The Morgan fingerprint density at radius 3 is 2.92 bits per heavy atom. The molecule has 1 aromatic heterocycles. The minimum atomic E-state index is -0.599. The molecule has 12 heavy (non-hydrogen) atoms. The van der Waals surface area contributed by atoms with Crippen molar-refractivity contribution < 1.29 is 9.18 Å². The summed E-state index contributed by atoms with van der Waals surface area (Å²) in [5.41, 5.74) is 0. The van der Waals surface area contributed by atoms with Gasteiger partial charge in [-0.3, -0.25) is 4.79 Å². The van der Waals surface area contributed by atoms with Crippen molar-refractivity contribution in [2.45, 2.75) is 0 Å². The molecule has 0 unspecified atom stereocenters. The molecule has 0 fully saturated rings. The van der Waals surface area contributed by atoms with Crippen LogP contribution in [0, 0.1) is 0 Å². The molecular formula is C5H5ClFN3OS. The molecule has 4 nitrogen and oxygen atoms in total. The van der Waals surface area contributed by atoms with E-state index in [0.717, 1.165) is 11.3 Å². The first-order chi connectivity index (χ1) is 5.74. The average molecular weight is 210 g/mol. The second kappa shape index (κ2) is 4.32. The average Bonchev–Trinajstić information content (AvgIpc) is 2.47. The van der Waals surface area contributed by atoms with Gasteiger partial charge < -0.3 is 5.32 Å². The lowest BCUT2D eigenvalue weighted by atomic mass is 10.6. The number of carbonyl (C=O) groups excluding carboxylic acids is 1. The van der Waals surface area contributed by atoms with E-state index in [9.17, 15) is 9.18 Å². The fourth-order valence-corrected chi connectivity index (χ4v) is 1.28. The third kappa shape index (κ3) is 2.38. The van der Waals surface area contributed by atoms with Crippen molar-refractivity contribution in [1.82, 2.24) is 15.5 Å². The second-order valence-electron chi connectivity index (χ2n) is 1.81. The normalized spacial score (nSPS) is 9.83. The van der Waals surface area contributed by atoms with Gasteiger partial charge in [-0.1, -0.05) is 11.3 Å². The second-order valence-corrected chi connectivity index (χ2v) is 3.36. The molecule has 1 aromatic rings. The Morgan fingerprint density at radius 2 is 2.42 bits per heavy atom. The van der Waals surface area contributed by atoms with Crippen LogP contribution in [0.5, 0.6) is 0 Å². The molecule has 1 rings (SSSR count). The Balaban J connectivity index is 2.53. The summed E-state index contributed by atoms with van der Waals surface area (Å²) in [5, 5.41) is 9.34. The maximum absolute atomic E-state index is 11.6. The van der Waals surface area contributed by atoms with Crippen LogP contribution < -0.4 is 5.32 Å². The highest BCUT2D eigenvalue weighted by molar-refractivity contribution is 7.17. The van der Waals surface area contributed by atoms with E-state index >= 15 is 0 Å². The molecular weight excluding hydrogens is 205 g/mol. The molecule has 1 N–H and O–H groups in total. The van der Waals surface area contributed by atoms with Gasteiger partial charge in [0.15, 0.2) is 0 Å². The van der Waals surface area contributed by atoms with Gasteiger partial charge in [0, 0.05) is 6.54 Å². The number of amides is 1. The number of carbonyl (C=O) groups is 1. The number of alkyl halides is 1. The summed E-state index contributed by atoms with van der Waals surface area (Å²) in [4.78, 5) is 11.0. The van der Waals surface area contributed by atoms with Crippen LogP contribution in [0.1, 0.15) is 9.80 Å². The SMILES string of the molecule is O=C(NCCF)c1nnc(Cl)s1. The molecule has 7 heteroatoms. The zero-order valence-electron chi connectivity index (χ0n) is 5.88. The standard InChI is InChI=1S/C5H5ClFN3OS/c6-5-10-9-4(12-5)3(11)8-2-1-7/h1-2H2,(H,8,11). The van der Waals surface area contributed by atoms with Gasteiger partial charge >= 0.3 is 0 Å². The Kier molecular flexibility index (Phi) is 3.36. The molecule has 0 aliphatic heterocycles. The van der Waals surface area contributed by atoms with Crippen molar-refractivity contribution in [2.24, 2.45) is 0 Å². The van der Waals surface area contributed by atoms with Crippen molar-refractivity contribution in [3.8, 4) is 0 Å². The third-order valence-electron chi connectivity index (χ3n) is 0.975. The van der Waals surface area contributed by atoms with Crippen molar-refractivity contribution >= 4 is 28.8 Å². The third-order valence-corrected chi connectivity index (χ3v) is 1.99. The summed E-state index contributed by atoms with van der Waals surface area (Å²) >= 11 is 6.38. The van der Waals surface area contributed by atoms with Crippen LogP contribution in [0.15, 0.2) is 0 Å². The van der Waals surface area contributed by atoms with Crippen LogP contribution in [-0.2, 0) is 0 Å². The molecule has 0 spiro atoms. The summed E-state index contributed by atoms with van der Waals surface area (Å²) in [7, 11) is 0. The molecule has 1 amide bonds. The molecule has 66 valence electrons. The van der Waals surface area contributed by atoms with Crippen molar-refractivity contribution in [3.05, 3.63) is 9.47 Å². The molecule has 0 aliphatic rings. The quantitative estimate of drug-likeness (QED) is 0.805. The minimum Gasteiger partial charge on any atom is -0.347 e. The Hall–Kier alpha value is -0.750. The van der Waals surface area contributed by atoms with Gasteiger partial charge in [-0.25, -0.2) is 4.39 Å². The highest BCUT2D eigenvalue weighted by Gasteiger charge is 2.10. The summed E-state index contributed by atoms with van der Waals surface area (Å²) in [5.74, 6) is -0.447. The fourth-order valence-electron chi connectivity index (χ4n) is 0.533. The number of nitrogens with one attached hydrogen (secondary N) is 1. The molecule has 0 aliphatic carbocycles. The number of rotatable bonds is 3. The van der Waals surface area contributed by atoms with Crippen molar-refractivity contribution in [3.63, 3.8) is 0 Å². The van der Waals surface area contributed by atoms with E-state index in [0.29, 0.717) is 0 Å². The Labute approximate surface area is 76.8 Å². The maximum atomic E-state index is 11.6. The van der Waals surface area contributed by atoms with Crippen LogP contribution in [-0.4, -0.2) is 29.3 Å². The van der Waals surface area contributed by atoms with Crippen LogP contribution in [0.2, 0.25) is 4.47 Å². The van der Waals surface area contributed by atoms with Crippen LogP contribution in [0.25, 0.3) is 0 Å². The van der Waals surface area contributed by atoms with Gasteiger partial charge in [0.2, 0.25) is 9.47 Å². The molecule has 0 saturated carbocycles. The maximum Gasteiger partial charge on any atom is 0.282 e. The Morgan fingerprint density at radius 1 is 1.67 bits per heavy atom. The van der Waals surface area contributed by atoms with E-state index in [-0.39, 0.29) is 16.0 Å². The van der Waals surface area contributed by atoms with E-state index in [1.165, 1.54) is 0 Å². The minimum absolute atomic E-state index is 0.0178. The summed E-state index contributed by atoms with van der Waals surface area (Å²) < 4.78 is 11.8. The molecule has 0 atom stereocenters.